The number of halogens is 1. The number of hydrogen-bond acceptors (Lipinski definition) is 5. The van der Waals surface area contributed by atoms with E-state index in [2.05, 4.69) is 29.7 Å². The van der Waals surface area contributed by atoms with Crippen molar-refractivity contribution in [2.24, 2.45) is 5.92 Å². The summed E-state index contributed by atoms with van der Waals surface area (Å²) in [5, 5.41) is 25.2. The number of aryl methyl sites for hydroxylation is 1. The molecule has 1 heterocycles. The number of phenolic OH excluding ortho intramolecular Hbond substituents is 1. The van der Waals surface area contributed by atoms with Crippen molar-refractivity contribution in [3.8, 4) is 5.75 Å². The van der Waals surface area contributed by atoms with Crippen LogP contribution in [-0.2, 0) is 9.59 Å². The molecule has 9 heteroatoms. The maximum absolute atomic E-state index is 14.7. The summed E-state index contributed by atoms with van der Waals surface area (Å²) < 4.78 is 14.7. The normalized spacial score (nSPS) is 20.0. The highest BCUT2D eigenvalue weighted by molar-refractivity contribution is 5.97. The zero-order valence-corrected chi connectivity index (χ0v) is 24.8. The summed E-state index contributed by atoms with van der Waals surface area (Å²) in [5.74, 6) is -1.40. The molecule has 0 radical (unpaired) electrons. The third-order valence-electron chi connectivity index (χ3n) is 7.27. The number of nitrogens with zero attached hydrogens (tertiary/aromatic N) is 1. The minimum absolute atomic E-state index is 0.00756. The van der Waals surface area contributed by atoms with Gasteiger partial charge in [-0.15, -0.1) is 0 Å². The van der Waals surface area contributed by atoms with Crippen molar-refractivity contribution in [2.45, 2.75) is 85.2 Å². The molecule has 40 heavy (non-hydrogen) atoms. The fourth-order valence-electron chi connectivity index (χ4n) is 4.06. The number of nitrogens with one attached hydrogen (secondary N) is 2. The summed E-state index contributed by atoms with van der Waals surface area (Å²) in [6.45, 7) is 12.9. The molecule has 222 valence electrons. The molecule has 1 aliphatic heterocycles. The molecule has 4 N–H and O–H groups in total. The lowest BCUT2D eigenvalue weighted by molar-refractivity contribution is -0.140. The van der Waals surface area contributed by atoms with Gasteiger partial charge in [0.15, 0.2) is 6.10 Å². The number of aliphatic hydroxyl groups is 1. The van der Waals surface area contributed by atoms with Gasteiger partial charge in [0, 0.05) is 29.6 Å². The Hall–Kier alpha value is -3.46. The zero-order valence-electron chi connectivity index (χ0n) is 24.8. The van der Waals surface area contributed by atoms with Gasteiger partial charge < -0.3 is 25.7 Å². The van der Waals surface area contributed by atoms with E-state index in [1.165, 1.54) is 23.5 Å². The lowest BCUT2D eigenvalue weighted by Crippen LogP contribution is -2.50. The first kappa shape index (κ1) is 34.6. The number of phenols is 1. The Morgan fingerprint density at radius 3 is 2.20 bits per heavy atom. The summed E-state index contributed by atoms with van der Waals surface area (Å²) in [4.78, 5) is 35.8. The molecule has 0 spiro atoms. The highest BCUT2D eigenvalue weighted by atomic mass is 19.1. The standard InChI is InChI=1S/C19H27FN2O4.C7H8.C5H11NO/c1-5-19(20)10-22(9-11(19)2)18(26)16(24)13(4)21-17(25)14-7-6-8-15(23)12(14)3;1-7-5-3-2-4-6-7;1-3-5(2)6-4-7/h6-8,11,13,16,23-24H,5,9-10H2,1-4H3,(H,21,25);2-6H,1H3;4-5H,3H2,1-2H3,(H,6,7). The molecule has 5 atom stereocenters. The molecule has 0 aliphatic carbocycles. The fourth-order valence-corrected chi connectivity index (χ4v) is 4.06. The van der Waals surface area contributed by atoms with Gasteiger partial charge in [-0.2, -0.15) is 0 Å². The molecule has 3 amide bonds. The highest BCUT2D eigenvalue weighted by Crippen LogP contribution is 2.34. The Bertz CT molecular complexity index is 1080. The summed E-state index contributed by atoms with van der Waals surface area (Å²) >= 11 is 0. The number of amides is 3. The number of aliphatic hydroxyl groups excluding tert-OH is 1. The molecule has 0 bridgehead atoms. The van der Waals surface area contributed by atoms with Crippen LogP contribution in [-0.4, -0.2) is 70.3 Å². The van der Waals surface area contributed by atoms with Crippen molar-refractivity contribution in [1.29, 1.82) is 0 Å². The second-order valence-electron chi connectivity index (χ2n) is 10.4. The fraction of sp³-hybridized carbons (Fsp3) is 0.516. The smallest absolute Gasteiger partial charge is 0.253 e. The molecule has 5 unspecified atom stereocenters. The van der Waals surface area contributed by atoms with Crippen LogP contribution in [0.25, 0.3) is 0 Å². The van der Waals surface area contributed by atoms with Crippen LogP contribution in [0.15, 0.2) is 48.5 Å². The first-order valence-electron chi connectivity index (χ1n) is 13.8. The van der Waals surface area contributed by atoms with Crippen LogP contribution in [0, 0.1) is 19.8 Å². The largest absolute Gasteiger partial charge is 0.508 e. The number of aromatic hydroxyl groups is 1. The van der Waals surface area contributed by atoms with Crippen molar-refractivity contribution >= 4 is 18.2 Å². The van der Waals surface area contributed by atoms with Crippen LogP contribution in [0.1, 0.15) is 68.9 Å². The number of carbonyl (C=O) groups excluding carboxylic acids is 3. The van der Waals surface area contributed by atoms with Crippen LogP contribution in [0.5, 0.6) is 5.75 Å². The first-order chi connectivity index (χ1) is 18.8. The van der Waals surface area contributed by atoms with Gasteiger partial charge in [-0.25, -0.2) is 4.39 Å². The van der Waals surface area contributed by atoms with Crippen molar-refractivity contribution in [3.05, 3.63) is 65.2 Å². The average molecular weight is 560 g/mol. The molecule has 0 saturated carbocycles. The van der Waals surface area contributed by atoms with E-state index >= 15 is 0 Å². The molecule has 1 saturated heterocycles. The summed E-state index contributed by atoms with van der Waals surface area (Å²) in [5.41, 5.74) is 0.555. The van der Waals surface area contributed by atoms with Crippen LogP contribution in [0.2, 0.25) is 0 Å². The van der Waals surface area contributed by atoms with Gasteiger partial charge in [-0.3, -0.25) is 14.4 Å². The summed E-state index contributed by atoms with van der Waals surface area (Å²) in [6, 6.07) is 14.3. The molecule has 1 fully saturated rings. The van der Waals surface area contributed by atoms with Gasteiger partial charge in [0.1, 0.15) is 11.4 Å². The number of rotatable bonds is 8. The van der Waals surface area contributed by atoms with Crippen molar-refractivity contribution in [2.75, 3.05) is 13.1 Å². The Morgan fingerprint density at radius 1 is 1.12 bits per heavy atom. The van der Waals surface area contributed by atoms with E-state index in [4.69, 9.17) is 0 Å². The van der Waals surface area contributed by atoms with Gasteiger partial charge in [0.2, 0.25) is 6.41 Å². The predicted molar refractivity (Wildman–Crippen MR) is 156 cm³/mol. The first-order valence-corrected chi connectivity index (χ1v) is 13.8. The third-order valence-corrected chi connectivity index (χ3v) is 7.27. The van der Waals surface area contributed by atoms with Crippen LogP contribution < -0.4 is 10.6 Å². The van der Waals surface area contributed by atoms with E-state index in [-0.39, 0.29) is 30.3 Å². The average Bonchev–Trinajstić information content (AvgIpc) is 3.24. The molecule has 3 rings (SSSR count). The van der Waals surface area contributed by atoms with E-state index in [1.807, 2.05) is 32.0 Å². The van der Waals surface area contributed by atoms with E-state index in [9.17, 15) is 29.0 Å². The van der Waals surface area contributed by atoms with Gasteiger partial charge in [0.05, 0.1) is 12.6 Å². The summed E-state index contributed by atoms with van der Waals surface area (Å²) in [7, 11) is 0. The number of hydrogen-bond donors (Lipinski definition) is 4. The monoisotopic (exact) mass is 559 g/mol. The minimum Gasteiger partial charge on any atom is -0.508 e. The molecule has 1 aliphatic rings. The molecule has 2 aromatic rings. The Labute approximate surface area is 238 Å². The predicted octanol–water partition coefficient (Wildman–Crippen LogP) is 4.30. The van der Waals surface area contributed by atoms with E-state index in [0.29, 0.717) is 18.0 Å². The van der Waals surface area contributed by atoms with Crippen LogP contribution in [0.4, 0.5) is 4.39 Å². The Kier molecular flexibility index (Phi) is 14.3. The molecule has 0 aromatic heterocycles. The number of likely N-dealkylation sites (tertiary alicyclic amines) is 1. The minimum atomic E-state index is -1.47. The summed E-state index contributed by atoms with van der Waals surface area (Å²) in [6.07, 6.45) is 0.562. The second kappa shape index (κ2) is 16.6. The van der Waals surface area contributed by atoms with E-state index < -0.39 is 29.6 Å². The van der Waals surface area contributed by atoms with Gasteiger partial charge in [-0.05, 0) is 52.7 Å². The van der Waals surface area contributed by atoms with Gasteiger partial charge >= 0.3 is 0 Å². The molecule has 2 aromatic carbocycles. The molecular formula is C31H46FN3O5. The lowest BCUT2D eigenvalue weighted by atomic mass is 9.92. The van der Waals surface area contributed by atoms with E-state index in [1.54, 1.807) is 32.9 Å². The molecular weight excluding hydrogens is 513 g/mol. The van der Waals surface area contributed by atoms with Crippen molar-refractivity contribution < 1.29 is 29.0 Å². The SMILES string of the molecule is CCC(C)NC=O.CCC1(F)CN(C(=O)C(O)C(C)NC(=O)c2cccc(O)c2C)CC1C.Cc1ccccc1. The molecule has 8 nitrogen and oxygen atoms in total. The Morgan fingerprint density at radius 2 is 1.75 bits per heavy atom. The van der Waals surface area contributed by atoms with Crippen LogP contribution >= 0.6 is 0 Å². The second-order valence-corrected chi connectivity index (χ2v) is 10.4. The number of benzene rings is 2. The Balaban J connectivity index is 0.000000465. The van der Waals surface area contributed by atoms with Gasteiger partial charge in [-0.1, -0.05) is 62.7 Å². The third kappa shape index (κ3) is 10.3. The van der Waals surface area contributed by atoms with Gasteiger partial charge in [0.25, 0.3) is 11.8 Å². The topological polar surface area (TPSA) is 119 Å². The van der Waals surface area contributed by atoms with Crippen molar-refractivity contribution in [1.82, 2.24) is 15.5 Å². The lowest BCUT2D eigenvalue weighted by Gasteiger charge is -2.26. The maximum atomic E-state index is 14.7. The highest BCUT2D eigenvalue weighted by Gasteiger charge is 2.46. The van der Waals surface area contributed by atoms with E-state index in [0.717, 1.165) is 12.8 Å². The quantitative estimate of drug-likeness (QED) is 0.360. The number of carbonyl (C=O) groups is 3. The maximum Gasteiger partial charge on any atom is 0.253 e. The van der Waals surface area contributed by atoms with Crippen molar-refractivity contribution in [3.63, 3.8) is 0 Å². The van der Waals surface area contributed by atoms with Crippen LogP contribution in [0.3, 0.4) is 0 Å². The number of alkyl halides is 1. The zero-order chi connectivity index (χ0) is 30.5.